The number of pyridine rings is 1. The minimum atomic E-state index is 0.457. The first kappa shape index (κ1) is 7.51. The first-order valence-electron chi connectivity index (χ1n) is 3.05. The van der Waals surface area contributed by atoms with Crippen molar-refractivity contribution in [2.24, 2.45) is 5.73 Å². The van der Waals surface area contributed by atoms with Gasteiger partial charge in [0.1, 0.15) is 5.15 Å². The van der Waals surface area contributed by atoms with Crippen molar-refractivity contribution in [1.29, 1.82) is 0 Å². The summed E-state index contributed by atoms with van der Waals surface area (Å²) in [7, 11) is 0. The van der Waals surface area contributed by atoms with E-state index in [-0.39, 0.29) is 0 Å². The lowest BCUT2D eigenvalue weighted by Crippen LogP contribution is -2.00. The number of aryl methyl sites for hydroxylation is 1. The number of nitrogens with two attached hydrogens (primary N) is 1. The standard InChI is InChI=1S/C7H9ClN2/c1-5-2-3-10-7(8)6(5)4-9/h2-3H,4,9H2,1H3. The van der Waals surface area contributed by atoms with Crippen LogP contribution in [0.3, 0.4) is 0 Å². The lowest BCUT2D eigenvalue weighted by molar-refractivity contribution is 1.02. The molecule has 0 fully saturated rings. The third-order valence-corrected chi connectivity index (χ3v) is 1.77. The molecule has 0 bridgehead atoms. The molecule has 1 aromatic heterocycles. The van der Waals surface area contributed by atoms with Crippen molar-refractivity contribution in [2.75, 3.05) is 0 Å². The van der Waals surface area contributed by atoms with Crippen LogP contribution in [-0.4, -0.2) is 4.98 Å². The van der Waals surface area contributed by atoms with Crippen LogP contribution in [0.25, 0.3) is 0 Å². The Morgan fingerprint density at radius 3 is 2.80 bits per heavy atom. The summed E-state index contributed by atoms with van der Waals surface area (Å²) in [5.74, 6) is 0. The van der Waals surface area contributed by atoms with Gasteiger partial charge in [-0.15, -0.1) is 0 Å². The van der Waals surface area contributed by atoms with Crippen molar-refractivity contribution in [3.63, 3.8) is 0 Å². The van der Waals surface area contributed by atoms with Gasteiger partial charge in [-0.1, -0.05) is 11.6 Å². The molecule has 0 amide bonds. The largest absolute Gasteiger partial charge is 0.326 e. The molecule has 1 heterocycles. The van der Waals surface area contributed by atoms with Crippen molar-refractivity contribution in [3.05, 3.63) is 28.5 Å². The summed E-state index contributed by atoms with van der Waals surface area (Å²) in [5.41, 5.74) is 7.46. The number of aromatic nitrogens is 1. The Kier molecular flexibility index (Phi) is 2.25. The normalized spacial score (nSPS) is 9.90. The summed E-state index contributed by atoms with van der Waals surface area (Å²) in [6.45, 7) is 2.42. The minimum Gasteiger partial charge on any atom is -0.326 e. The van der Waals surface area contributed by atoms with Crippen molar-refractivity contribution in [3.8, 4) is 0 Å². The van der Waals surface area contributed by atoms with Gasteiger partial charge in [0.2, 0.25) is 0 Å². The lowest BCUT2D eigenvalue weighted by Gasteiger charge is -2.01. The lowest BCUT2D eigenvalue weighted by atomic mass is 10.2. The molecule has 0 atom stereocenters. The molecule has 0 saturated heterocycles. The smallest absolute Gasteiger partial charge is 0.133 e. The summed E-state index contributed by atoms with van der Waals surface area (Å²) in [6, 6.07) is 1.90. The van der Waals surface area contributed by atoms with Crippen molar-refractivity contribution in [1.82, 2.24) is 4.98 Å². The van der Waals surface area contributed by atoms with Crippen molar-refractivity contribution in [2.45, 2.75) is 13.5 Å². The Bertz CT molecular complexity index is 215. The molecular formula is C7H9ClN2. The van der Waals surface area contributed by atoms with E-state index in [9.17, 15) is 0 Å². The van der Waals surface area contributed by atoms with Gasteiger partial charge in [-0.2, -0.15) is 0 Å². The number of hydrogen-bond acceptors (Lipinski definition) is 2. The zero-order valence-electron chi connectivity index (χ0n) is 5.76. The molecule has 3 heteroatoms. The monoisotopic (exact) mass is 156 g/mol. The average molecular weight is 157 g/mol. The minimum absolute atomic E-state index is 0.457. The molecule has 2 N–H and O–H groups in total. The predicted octanol–water partition coefficient (Wildman–Crippen LogP) is 1.50. The van der Waals surface area contributed by atoms with E-state index in [4.69, 9.17) is 17.3 Å². The van der Waals surface area contributed by atoms with Crippen molar-refractivity contribution < 1.29 is 0 Å². The van der Waals surface area contributed by atoms with E-state index in [2.05, 4.69) is 4.98 Å². The van der Waals surface area contributed by atoms with Gasteiger partial charge in [0, 0.05) is 18.3 Å². The van der Waals surface area contributed by atoms with Crippen molar-refractivity contribution >= 4 is 11.6 Å². The van der Waals surface area contributed by atoms with E-state index < -0.39 is 0 Å². The second-order valence-corrected chi connectivity index (χ2v) is 2.46. The van der Waals surface area contributed by atoms with Crippen LogP contribution in [0.1, 0.15) is 11.1 Å². The maximum absolute atomic E-state index is 5.74. The maximum atomic E-state index is 5.74. The number of nitrogens with zero attached hydrogens (tertiary/aromatic N) is 1. The van der Waals surface area contributed by atoms with Gasteiger partial charge >= 0.3 is 0 Å². The third-order valence-electron chi connectivity index (χ3n) is 1.44. The quantitative estimate of drug-likeness (QED) is 0.626. The molecule has 0 aromatic carbocycles. The molecular weight excluding hydrogens is 148 g/mol. The summed E-state index contributed by atoms with van der Waals surface area (Å²) >= 11 is 5.74. The summed E-state index contributed by atoms with van der Waals surface area (Å²) in [5, 5.41) is 0.516. The van der Waals surface area contributed by atoms with E-state index in [1.165, 1.54) is 0 Å². The third kappa shape index (κ3) is 1.28. The molecule has 0 saturated carbocycles. The molecule has 0 aliphatic heterocycles. The van der Waals surface area contributed by atoms with E-state index in [0.29, 0.717) is 11.7 Å². The molecule has 0 spiro atoms. The van der Waals surface area contributed by atoms with Gasteiger partial charge in [0.15, 0.2) is 0 Å². The number of halogens is 1. The van der Waals surface area contributed by atoms with Gasteiger partial charge in [0.25, 0.3) is 0 Å². The van der Waals surface area contributed by atoms with E-state index in [1.807, 2.05) is 13.0 Å². The van der Waals surface area contributed by atoms with Crippen LogP contribution in [0.15, 0.2) is 12.3 Å². The van der Waals surface area contributed by atoms with Gasteiger partial charge in [-0.3, -0.25) is 0 Å². The molecule has 54 valence electrons. The van der Waals surface area contributed by atoms with E-state index in [0.717, 1.165) is 11.1 Å². The highest BCUT2D eigenvalue weighted by Gasteiger charge is 2.00. The summed E-state index contributed by atoms with van der Waals surface area (Å²) in [4.78, 5) is 3.90. The van der Waals surface area contributed by atoms with Gasteiger partial charge in [-0.25, -0.2) is 4.98 Å². The van der Waals surface area contributed by atoms with E-state index in [1.54, 1.807) is 6.20 Å². The first-order chi connectivity index (χ1) is 4.75. The van der Waals surface area contributed by atoms with Crippen LogP contribution in [0.5, 0.6) is 0 Å². The van der Waals surface area contributed by atoms with Gasteiger partial charge in [-0.05, 0) is 18.6 Å². The molecule has 0 aliphatic rings. The fourth-order valence-corrected chi connectivity index (χ4v) is 1.08. The fraction of sp³-hybridized carbons (Fsp3) is 0.286. The van der Waals surface area contributed by atoms with Crippen LogP contribution in [0.4, 0.5) is 0 Å². The molecule has 0 radical (unpaired) electrons. The fourth-order valence-electron chi connectivity index (χ4n) is 0.801. The van der Waals surface area contributed by atoms with Gasteiger partial charge < -0.3 is 5.73 Å². The Labute approximate surface area is 65.0 Å². The van der Waals surface area contributed by atoms with E-state index >= 15 is 0 Å². The molecule has 1 aromatic rings. The van der Waals surface area contributed by atoms with Crippen LogP contribution >= 0.6 is 11.6 Å². The maximum Gasteiger partial charge on any atom is 0.133 e. The van der Waals surface area contributed by atoms with Gasteiger partial charge in [0.05, 0.1) is 0 Å². The number of rotatable bonds is 1. The van der Waals surface area contributed by atoms with Crippen LogP contribution in [0, 0.1) is 6.92 Å². The zero-order chi connectivity index (χ0) is 7.56. The Morgan fingerprint density at radius 1 is 1.70 bits per heavy atom. The predicted molar refractivity (Wildman–Crippen MR) is 41.9 cm³/mol. The highest BCUT2D eigenvalue weighted by atomic mass is 35.5. The zero-order valence-corrected chi connectivity index (χ0v) is 6.52. The Balaban J connectivity index is 3.17. The Morgan fingerprint density at radius 2 is 2.40 bits per heavy atom. The molecule has 0 aliphatic carbocycles. The number of hydrogen-bond donors (Lipinski definition) is 1. The Hall–Kier alpha value is -0.600. The molecule has 2 nitrogen and oxygen atoms in total. The van der Waals surface area contributed by atoms with Crippen LogP contribution in [0.2, 0.25) is 5.15 Å². The SMILES string of the molecule is Cc1ccnc(Cl)c1CN. The first-order valence-corrected chi connectivity index (χ1v) is 3.43. The molecule has 10 heavy (non-hydrogen) atoms. The second kappa shape index (κ2) is 2.99. The summed E-state index contributed by atoms with van der Waals surface area (Å²) in [6.07, 6.45) is 1.68. The second-order valence-electron chi connectivity index (χ2n) is 2.10. The topological polar surface area (TPSA) is 38.9 Å². The molecule has 0 unspecified atom stereocenters. The molecule has 1 rings (SSSR count). The van der Waals surface area contributed by atoms with Crippen LogP contribution in [-0.2, 0) is 6.54 Å². The average Bonchev–Trinajstić information content (AvgIpc) is 1.88. The highest BCUT2D eigenvalue weighted by Crippen LogP contribution is 2.14. The summed E-state index contributed by atoms with van der Waals surface area (Å²) < 4.78 is 0. The highest BCUT2D eigenvalue weighted by molar-refractivity contribution is 6.30. The van der Waals surface area contributed by atoms with Crippen LogP contribution < -0.4 is 5.73 Å².